The number of carbonyl (C=O) groups excluding carboxylic acids is 1. The fraction of sp³-hybridized carbons (Fsp3) is 0.833. The molecule has 1 N–H and O–H groups in total. The molecule has 0 radical (unpaired) electrons. The molecule has 96 valence electrons. The molecular formula is C12H20N2O3. The lowest BCUT2D eigenvalue weighted by molar-refractivity contribution is -0.162. The zero-order chi connectivity index (χ0) is 12.8. The van der Waals surface area contributed by atoms with Crippen LogP contribution in [0.4, 0.5) is 0 Å². The Kier molecular flexibility index (Phi) is 2.89. The van der Waals surface area contributed by atoms with Gasteiger partial charge in [0.1, 0.15) is 5.54 Å². The lowest BCUT2D eigenvalue weighted by Crippen LogP contribution is -2.62. The fourth-order valence-electron chi connectivity index (χ4n) is 3.34. The topological polar surface area (TPSA) is 60.9 Å². The largest absolute Gasteiger partial charge is 0.479 e. The van der Waals surface area contributed by atoms with Crippen molar-refractivity contribution < 1.29 is 14.7 Å². The minimum atomic E-state index is -0.996. The van der Waals surface area contributed by atoms with Gasteiger partial charge in [0.25, 0.3) is 0 Å². The number of rotatable bonds is 2. The molecule has 2 bridgehead atoms. The van der Waals surface area contributed by atoms with Gasteiger partial charge in [0, 0.05) is 26.1 Å². The van der Waals surface area contributed by atoms with Crippen LogP contribution >= 0.6 is 0 Å². The van der Waals surface area contributed by atoms with Crippen molar-refractivity contribution in [2.24, 2.45) is 0 Å². The molecule has 2 heterocycles. The molecule has 2 fully saturated rings. The highest BCUT2D eigenvalue weighted by Crippen LogP contribution is 2.42. The van der Waals surface area contributed by atoms with Gasteiger partial charge in [-0.3, -0.25) is 4.79 Å². The van der Waals surface area contributed by atoms with Crippen LogP contribution in [0.5, 0.6) is 0 Å². The first kappa shape index (κ1) is 12.4. The SMILES string of the molecule is CC(=O)N(C)C1(C(=O)O)CC2CCC(C1)N2C. The van der Waals surface area contributed by atoms with Crippen LogP contribution in [-0.4, -0.2) is 58.5 Å². The molecule has 2 atom stereocenters. The zero-order valence-electron chi connectivity index (χ0n) is 10.6. The van der Waals surface area contributed by atoms with Crippen molar-refractivity contribution in [2.45, 2.75) is 50.2 Å². The van der Waals surface area contributed by atoms with Gasteiger partial charge in [0.2, 0.25) is 5.91 Å². The van der Waals surface area contributed by atoms with E-state index in [0.29, 0.717) is 24.9 Å². The number of piperidine rings is 1. The van der Waals surface area contributed by atoms with Crippen molar-refractivity contribution in [2.75, 3.05) is 14.1 Å². The van der Waals surface area contributed by atoms with Crippen molar-refractivity contribution in [3.63, 3.8) is 0 Å². The summed E-state index contributed by atoms with van der Waals surface area (Å²) in [4.78, 5) is 26.8. The van der Waals surface area contributed by atoms with Crippen LogP contribution in [0.2, 0.25) is 0 Å². The Bertz CT molecular complexity index is 342. The van der Waals surface area contributed by atoms with Crippen molar-refractivity contribution >= 4 is 11.9 Å². The van der Waals surface area contributed by atoms with E-state index in [-0.39, 0.29) is 5.91 Å². The van der Waals surface area contributed by atoms with Crippen LogP contribution in [-0.2, 0) is 9.59 Å². The van der Waals surface area contributed by atoms with Crippen molar-refractivity contribution in [1.82, 2.24) is 9.80 Å². The molecule has 2 saturated heterocycles. The number of amides is 1. The van der Waals surface area contributed by atoms with Crippen LogP contribution in [0.25, 0.3) is 0 Å². The average molecular weight is 240 g/mol. The molecule has 1 amide bonds. The van der Waals surface area contributed by atoms with Gasteiger partial charge in [-0.05, 0) is 32.7 Å². The Hall–Kier alpha value is -1.10. The zero-order valence-corrected chi connectivity index (χ0v) is 10.6. The molecular weight excluding hydrogens is 220 g/mol. The maximum absolute atomic E-state index is 11.6. The third kappa shape index (κ3) is 1.73. The highest BCUT2D eigenvalue weighted by atomic mass is 16.4. The summed E-state index contributed by atoms with van der Waals surface area (Å²) in [7, 11) is 3.67. The molecule has 2 unspecified atom stereocenters. The van der Waals surface area contributed by atoms with Gasteiger partial charge in [0.05, 0.1) is 0 Å². The normalized spacial score (nSPS) is 36.9. The Morgan fingerprint density at radius 1 is 1.29 bits per heavy atom. The Morgan fingerprint density at radius 3 is 2.12 bits per heavy atom. The van der Waals surface area contributed by atoms with E-state index in [9.17, 15) is 14.7 Å². The lowest BCUT2D eigenvalue weighted by atomic mass is 9.81. The Morgan fingerprint density at radius 2 is 1.76 bits per heavy atom. The predicted molar refractivity (Wildman–Crippen MR) is 62.6 cm³/mol. The smallest absolute Gasteiger partial charge is 0.329 e. The molecule has 17 heavy (non-hydrogen) atoms. The lowest BCUT2D eigenvalue weighted by Gasteiger charge is -2.47. The Balaban J connectivity index is 2.32. The molecule has 0 aromatic rings. The second-order valence-electron chi connectivity index (χ2n) is 5.37. The van der Waals surface area contributed by atoms with Crippen LogP contribution in [0, 0.1) is 0 Å². The van der Waals surface area contributed by atoms with Crippen LogP contribution in [0.15, 0.2) is 0 Å². The van der Waals surface area contributed by atoms with E-state index >= 15 is 0 Å². The average Bonchev–Trinajstić information content (AvgIpc) is 2.52. The molecule has 0 aromatic heterocycles. The molecule has 0 saturated carbocycles. The number of hydrogen-bond donors (Lipinski definition) is 1. The van der Waals surface area contributed by atoms with E-state index < -0.39 is 11.5 Å². The van der Waals surface area contributed by atoms with Gasteiger partial charge in [-0.1, -0.05) is 0 Å². The summed E-state index contributed by atoms with van der Waals surface area (Å²) < 4.78 is 0. The number of carboxylic acid groups (broad SMARTS) is 1. The van der Waals surface area contributed by atoms with Gasteiger partial charge in [-0.25, -0.2) is 4.79 Å². The van der Waals surface area contributed by atoms with Crippen molar-refractivity contribution in [3.8, 4) is 0 Å². The number of carboxylic acids is 1. The summed E-state index contributed by atoms with van der Waals surface area (Å²) in [5.74, 6) is -1.03. The molecule has 0 aromatic carbocycles. The highest BCUT2D eigenvalue weighted by molar-refractivity contribution is 5.86. The number of hydrogen-bond acceptors (Lipinski definition) is 3. The second kappa shape index (κ2) is 3.98. The maximum Gasteiger partial charge on any atom is 0.329 e. The Labute approximate surface area is 101 Å². The summed E-state index contributed by atoms with van der Waals surface area (Å²) in [6, 6.07) is 0.596. The third-order valence-electron chi connectivity index (χ3n) is 4.64. The fourth-order valence-corrected chi connectivity index (χ4v) is 3.34. The maximum atomic E-state index is 11.6. The van der Waals surface area contributed by atoms with Crippen LogP contribution in [0.1, 0.15) is 32.6 Å². The number of aliphatic carboxylic acids is 1. The molecule has 2 rings (SSSR count). The molecule has 0 aliphatic carbocycles. The van der Waals surface area contributed by atoms with Crippen LogP contribution in [0.3, 0.4) is 0 Å². The molecule has 0 spiro atoms. The number of carbonyl (C=O) groups is 2. The van der Waals surface area contributed by atoms with Crippen LogP contribution < -0.4 is 0 Å². The molecule has 5 nitrogen and oxygen atoms in total. The predicted octanol–water partition coefficient (Wildman–Crippen LogP) is 0.545. The standard InChI is InChI=1S/C12H20N2O3/c1-8(15)14(3)12(11(16)17)6-9-4-5-10(7-12)13(9)2/h9-10H,4-7H2,1-3H3,(H,16,17). The summed E-state index contributed by atoms with van der Waals surface area (Å²) in [5, 5.41) is 9.55. The van der Waals surface area contributed by atoms with Gasteiger partial charge < -0.3 is 14.9 Å². The van der Waals surface area contributed by atoms with Gasteiger partial charge in [-0.15, -0.1) is 0 Å². The number of likely N-dealkylation sites (N-methyl/N-ethyl adjacent to an activating group) is 1. The van der Waals surface area contributed by atoms with Crippen molar-refractivity contribution in [3.05, 3.63) is 0 Å². The monoisotopic (exact) mass is 240 g/mol. The minimum Gasteiger partial charge on any atom is -0.479 e. The summed E-state index contributed by atoms with van der Waals surface area (Å²) in [6.07, 6.45) is 3.18. The van der Waals surface area contributed by atoms with E-state index in [2.05, 4.69) is 11.9 Å². The van der Waals surface area contributed by atoms with Gasteiger partial charge in [0.15, 0.2) is 0 Å². The first-order valence-corrected chi connectivity index (χ1v) is 6.08. The van der Waals surface area contributed by atoms with E-state index in [1.165, 1.54) is 11.8 Å². The molecule has 2 aliphatic heterocycles. The first-order chi connectivity index (χ1) is 7.88. The second-order valence-corrected chi connectivity index (χ2v) is 5.37. The van der Waals surface area contributed by atoms with E-state index in [1.54, 1.807) is 7.05 Å². The quantitative estimate of drug-likeness (QED) is 0.765. The summed E-state index contributed by atoms with van der Waals surface area (Å²) >= 11 is 0. The molecule has 5 heteroatoms. The van der Waals surface area contributed by atoms with E-state index in [4.69, 9.17) is 0 Å². The minimum absolute atomic E-state index is 0.170. The third-order valence-corrected chi connectivity index (χ3v) is 4.64. The summed E-state index contributed by atoms with van der Waals surface area (Å²) in [6.45, 7) is 1.44. The molecule has 2 aliphatic rings. The van der Waals surface area contributed by atoms with E-state index in [0.717, 1.165) is 12.8 Å². The van der Waals surface area contributed by atoms with Gasteiger partial charge >= 0.3 is 5.97 Å². The summed E-state index contributed by atoms with van der Waals surface area (Å²) in [5.41, 5.74) is -0.996. The van der Waals surface area contributed by atoms with Crippen molar-refractivity contribution in [1.29, 1.82) is 0 Å². The number of nitrogens with zero attached hydrogens (tertiary/aromatic N) is 2. The van der Waals surface area contributed by atoms with E-state index in [1.807, 2.05) is 0 Å². The first-order valence-electron chi connectivity index (χ1n) is 6.08. The highest BCUT2D eigenvalue weighted by Gasteiger charge is 2.54. The number of fused-ring (bicyclic) bond motifs is 2. The van der Waals surface area contributed by atoms with Gasteiger partial charge in [-0.2, -0.15) is 0 Å².